The van der Waals surface area contributed by atoms with Crippen LogP contribution in [0.3, 0.4) is 0 Å². The molecule has 0 bridgehead atoms. The molecule has 0 saturated carbocycles. The van der Waals surface area contributed by atoms with Crippen molar-refractivity contribution in [3.63, 3.8) is 0 Å². The minimum absolute atomic E-state index is 0.0797. The highest BCUT2D eigenvalue weighted by Crippen LogP contribution is 2.25. The first kappa shape index (κ1) is 21.4. The minimum Gasteiger partial charge on any atom is -0.478 e. The number of halogens is 1. The largest absolute Gasteiger partial charge is 0.478 e. The van der Waals surface area contributed by atoms with E-state index in [0.29, 0.717) is 0 Å². The normalized spacial score (nSPS) is 11.1. The van der Waals surface area contributed by atoms with Gasteiger partial charge in [-0.15, -0.1) is 0 Å². The standard InChI is InChI=1S/C26H22ClN3O2/c1-17-14-19(18(2)30(17)23-12-13-25(27)24(15-23)26(31)32)16-28-20-8-10-22(11-9-20)29-21-6-4-3-5-7-21/h3-16,29H,1-2H3,(H,31,32). The zero-order valence-corrected chi connectivity index (χ0v) is 18.5. The number of hydrogen-bond acceptors (Lipinski definition) is 3. The highest BCUT2D eigenvalue weighted by atomic mass is 35.5. The van der Waals surface area contributed by atoms with Crippen molar-refractivity contribution in [2.24, 2.45) is 4.99 Å². The summed E-state index contributed by atoms with van der Waals surface area (Å²) in [7, 11) is 0. The predicted octanol–water partition coefficient (Wildman–Crippen LogP) is 6.94. The van der Waals surface area contributed by atoms with E-state index in [4.69, 9.17) is 11.6 Å². The van der Waals surface area contributed by atoms with Gasteiger partial charge >= 0.3 is 5.97 Å². The van der Waals surface area contributed by atoms with Gasteiger partial charge in [0.15, 0.2) is 0 Å². The summed E-state index contributed by atoms with van der Waals surface area (Å²) in [6, 6.07) is 24.9. The summed E-state index contributed by atoms with van der Waals surface area (Å²) in [5.41, 5.74) is 6.59. The fraction of sp³-hybridized carbons (Fsp3) is 0.0769. The number of aliphatic imine (C=N–C) groups is 1. The minimum atomic E-state index is -1.05. The van der Waals surface area contributed by atoms with Gasteiger partial charge < -0.3 is 15.0 Å². The average Bonchev–Trinajstić information content (AvgIpc) is 3.07. The van der Waals surface area contributed by atoms with E-state index < -0.39 is 5.97 Å². The number of aryl methyl sites for hydroxylation is 1. The quantitative estimate of drug-likeness (QED) is 0.317. The van der Waals surface area contributed by atoms with Crippen LogP contribution in [0.5, 0.6) is 0 Å². The van der Waals surface area contributed by atoms with E-state index in [2.05, 4.69) is 10.3 Å². The van der Waals surface area contributed by atoms with E-state index in [1.54, 1.807) is 12.1 Å². The summed E-state index contributed by atoms with van der Waals surface area (Å²) in [6.07, 6.45) is 1.83. The molecule has 0 spiro atoms. The molecule has 1 aromatic heterocycles. The second-order valence-corrected chi connectivity index (χ2v) is 7.83. The summed E-state index contributed by atoms with van der Waals surface area (Å²) >= 11 is 6.02. The predicted molar refractivity (Wildman–Crippen MR) is 131 cm³/mol. The molecular formula is C26H22ClN3O2. The molecule has 0 saturated heterocycles. The maximum atomic E-state index is 11.4. The number of hydrogen-bond donors (Lipinski definition) is 2. The van der Waals surface area contributed by atoms with Crippen molar-refractivity contribution in [3.05, 3.63) is 106 Å². The molecule has 0 amide bonds. The van der Waals surface area contributed by atoms with E-state index in [9.17, 15) is 9.90 Å². The first-order valence-electron chi connectivity index (χ1n) is 10.1. The van der Waals surface area contributed by atoms with Gasteiger partial charge in [0, 0.05) is 40.2 Å². The molecule has 3 aromatic carbocycles. The topological polar surface area (TPSA) is 66.6 Å². The molecule has 160 valence electrons. The van der Waals surface area contributed by atoms with Crippen molar-refractivity contribution in [2.45, 2.75) is 13.8 Å². The van der Waals surface area contributed by atoms with Gasteiger partial charge in [0.1, 0.15) is 0 Å². The zero-order valence-electron chi connectivity index (χ0n) is 17.7. The van der Waals surface area contributed by atoms with Gasteiger partial charge in [-0.1, -0.05) is 29.8 Å². The number of nitrogens with one attached hydrogen (secondary N) is 1. The Labute approximate surface area is 191 Å². The number of rotatable bonds is 6. The van der Waals surface area contributed by atoms with Crippen molar-refractivity contribution < 1.29 is 9.90 Å². The monoisotopic (exact) mass is 443 g/mol. The van der Waals surface area contributed by atoms with Crippen LogP contribution in [0.15, 0.2) is 83.9 Å². The lowest BCUT2D eigenvalue weighted by atomic mass is 10.2. The number of aromatic carboxylic acids is 1. The molecule has 4 rings (SSSR count). The summed E-state index contributed by atoms with van der Waals surface area (Å²) in [5, 5.41) is 12.9. The van der Waals surface area contributed by atoms with E-state index >= 15 is 0 Å². The van der Waals surface area contributed by atoms with Gasteiger partial charge in [-0.05, 0) is 74.5 Å². The maximum absolute atomic E-state index is 11.4. The number of aromatic nitrogens is 1. The lowest BCUT2D eigenvalue weighted by Gasteiger charge is -2.11. The van der Waals surface area contributed by atoms with Crippen LogP contribution in [0.1, 0.15) is 27.3 Å². The van der Waals surface area contributed by atoms with Crippen molar-refractivity contribution in [2.75, 3.05) is 5.32 Å². The molecule has 0 radical (unpaired) electrons. The molecule has 1 heterocycles. The Morgan fingerprint density at radius 3 is 2.34 bits per heavy atom. The molecule has 0 aliphatic carbocycles. The van der Waals surface area contributed by atoms with Gasteiger partial charge in [0.2, 0.25) is 0 Å². The lowest BCUT2D eigenvalue weighted by molar-refractivity contribution is 0.0697. The van der Waals surface area contributed by atoms with Crippen LogP contribution in [-0.2, 0) is 0 Å². The van der Waals surface area contributed by atoms with Crippen molar-refractivity contribution in [3.8, 4) is 5.69 Å². The Morgan fingerprint density at radius 1 is 0.969 bits per heavy atom. The maximum Gasteiger partial charge on any atom is 0.337 e. The molecule has 4 aromatic rings. The first-order valence-corrected chi connectivity index (χ1v) is 10.5. The summed E-state index contributed by atoms with van der Waals surface area (Å²) in [6.45, 7) is 3.96. The molecule has 0 fully saturated rings. The van der Waals surface area contributed by atoms with Gasteiger partial charge in [-0.2, -0.15) is 0 Å². The van der Waals surface area contributed by atoms with E-state index in [1.165, 1.54) is 0 Å². The molecule has 5 nitrogen and oxygen atoms in total. The van der Waals surface area contributed by atoms with Gasteiger partial charge in [-0.3, -0.25) is 4.99 Å². The van der Waals surface area contributed by atoms with Gasteiger partial charge in [0.05, 0.1) is 16.3 Å². The van der Waals surface area contributed by atoms with Crippen LogP contribution in [0.4, 0.5) is 17.1 Å². The number of para-hydroxylation sites is 1. The smallest absolute Gasteiger partial charge is 0.337 e. The number of benzene rings is 3. The van der Waals surface area contributed by atoms with Gasteiger partial charge in [-0.25, -0.2) is 4.79 Å². The van der Waals surface area contributed by atoms with Crippen LogP contribution < -0.4 is 5.32 Å². The van der Waals surface area contributed by atoms with Crippen LogP contribution in [0, 0.1) is 13.8 Å². The molecule has 0 unspecified atom stereocenters. The Kier molecular flexibility index (Phi) is 6.10. The molecule has 0 aliphatic heterocycles. The summed E-state index contributed by atoms with van der Waals surface area (Å²) in [4.78, 5) is 16.1. The highest BCUT2D eigenvalue weighted by Gasteiger charge is 2.14. The van der Waals surface area contributed by atoms with Crippen LogP contribution >= 0.6 is 11.6 Å². The zero-order chi connectivity index (χ0) is 22.7. The van der Waals surface area contributed by atoms with E-state index in [1.807, 2.05) is 91.4 Å². The lowest BCUT2D eigenvalue weighted by Crippen LogP contribution is -2.03. The first-order chi connectivity index (χ1) is 15.4. The fourth-order valence-corrected chi connectivity index (χ4v) is 3.79. The van der Waals surface area contributed by atoms with Crippen molar-refractivity contribution >= 4 is 40.8 Å². The van der Waals surface area contributed by atoms with Crippen molar-refractivity contribution in [1.29, 1.82) is 0 Å². The number of carboxylic acid groups (broad SMARTS) is 1. The highest BCUT2D eigenvalue weighted by molar-refractivity contribution is 6.33. The summed E-state index contributed by atoms with van der Waals surface area (Å²) < 4.78 is 2.00. The Morgan fingerprint density at radius 2 is 1.66 bits per heavy atom. The average molecular weight is 444 g/mol. The molecule has 2 N–H and O–H groups in total. The SMILES string of the molecule is Cc1cc(C=Nc2ccc(Nc3ccccc3)cc2)c(C)n1-c1ccc(Cl)c(C(=O)O)c1. The fourth-order valence-electron chi connectivity index (χ4n) is 3.59. The van der Waals surface area contributed by atoms with Crippen LogP contribution in [0.25, 0.3) is 5.69 Å². The van der Waals surface area contributed by atoms with E-state index in [0.717, 1.165) is 39.7 Å². The number of anilines is 2. The summed E-state index contributed by atoms with van der Waals surface area (Å²) in [5.74, 6) is -1.05. The molecular weight excluding hydrogens is 422 g/mol. The van der Waals surface area contributed by atoms with Crippen LogP contribution in [-0.4, -0.2) is 21.9 Å². The Bertz CT molecular complexity index is 1290. The number of nitrogens with zero attached hydrogens (tertiary/aromatic N) is 2. The molecule has 0 aliphatic rings. The third-order valence-corrected chi connectivity index (χ3v) is 5.52. The molecule has 32 heavy (non-hydrogen) atoms. The number of carboxylic acids is 1. The second kappa shape index (κ2) is 9.12. The Hall–Kier alpha value is -3.83. The third-order valence-electron chi connectivity index (χ3n) is 5.19. The Balaban J connectivity index is 1.56. The number of carbonyl (C=O) groups is 1. The second-order valence-electron chi connectivity index (χ2n) is 7.43. The van der Waals surface area contributed by atoms with Gasteiger partial charge in [0.25, 0.3) is 0 Å². The third kappa shape index (κ3) is 4.58. The van der Waals surface area contributed by atoms with Crippen LogP contribution in [0.2, 0.25) is 5.02 Å². The molecule has 0 atom stereocenters. The van der Waals surface area contributed by atoms with E-state index in [-0.39, 0.29) is 10.6 Å². The van der Waals surface area contributed by atoms with Crippen molar-refractivity contribution in [1.82, 2.24) is 4.57 Å². The molecule has 6 heteroatoms.